The van der Waals surface area contributed by atoms with Crippen LogP contribution in [0.2, 0.25) is 0 Å². The lowest BCUT2D eigenvalue weighted by Gasteiger charge is -2.34. The van der Waals surface area contributed by atoms with Crippen molar-refractivity contribution in [3.63, 3.8) is 0 Å². The Balaban J connectivity index is 1.70. The summed E-state index contributed by atoms with van der Waals surface area (Å²) in [6, 6.07) is 1.67. The van der Waals surface area contributed by atoms with Gasteiger partial charge < -0.3 is 15.5 Å². The Morgan fingerprint density at radius 2 is 2.29 bits per heavy atom. The van der Waals surface area contributed by atoms with Crippen LogP contribution in [0.15, 0.2) is 18.5 Å². The van der Waals surface area contributed by atoms with E-state index in [-0.39, 0.29) is 24.3 Å². The van der Waals surface area contributed by atoms with Crippen molar-refractivity contribution in [1.29, 1.82) is 0 Å². The summed E-state index contributed by atoms with van der Waals surface area (Å²) in [5, 5.41) is 21.4. The van der Waals surface area contributed by atoms with Crippen LogP contribution in [0.4, 0.5) is 0 Å². The molecule has 1 saturated heterocycles. The molecule has 0 aromatic carbocycles. The minimum atomic E-state index is -0.226. The van der Waals surface area contributed by atoms with Gasteiger partial charge >= 0.3 is 0 Å². The van der Waals surface area contributed by atoms with Crippen LogP contribution in [0, 0.1) is 0 Å². The average Bonchev–Trinajstić information content (AvgIpc) is 2.51. The second-order valence-electron chi connectivity index (χ2n) is 5.41. The summed E-state index contributed by atoms with van der Waals surface area (Å²) in [5.74, 6) is -0.238. The summed E-state index contributed by atoms with van der Waals surface area (Å²) in [7, 11) is 0. The van der Waals surface area contributed by atoms with Gasteiger partial charge in [-0.25, -0.2) is 0 Å². The first-order valence-electron chi connectivity index (χ1n) is 7.48. The van der Waals surface area contributed by atoms with Crippen molar-refractivity contribution >= 4 is 5.91 Å². The van der Waals surface area contributed by atoms with Crippen molar-refractivity contribution in [1.82, 2.24) is 15.2 Å². The van der Waals surface area contributed by atoms with E-state index in [0.717, 1.165) is 25.9 Å². The predicted octanol–water partition coefficient (Wildman–Crippen LogP) is 0.754. The fourth-order valence-corrected chi connectivity index (χ4v) is 2.70. The smallest absolute Gasteiger partial charge is 0.252 e. The van der Waals surface area contributed by atoms with Gasteiger partial charge in [-0.05, 0) is 31.9 Å². The quantitative estimate of drug-likeness (QED) is 0.674. The molecular formula is C15H23N3O3. The number of likely N-dealkylation sites (tertiary alicyclic amines) is 1. The van der Waals surface area contributed by atoms with Crippen molar-refractivity contribution in [3.05, 3.63) is 24.0 Å². The van der Waals surface area contributed by atoms with Crippen LogP contribution in [0.25, 0.3) is 0 Å². The number of aliphatic hydroxyl groups excluding tert-OH is 1. The van der Waals surface area contributed by atoms with Gasteiger partial charge in [0.05, 0.1) is 18.4 Å². The first kappa shape index (κ1) is 15.7. The second-order valence-corrected chi connectivity index (χ2v) is 5.41. The molecule has 1 aromatic rings. The molecule has 1 atom stereocenters. The van der Waals surface area contributed by atoms with E-state index in [1.807, 2.05) is 0 Å². The molecule has 1 aliphatic rings. The molecule has 0 spiro atoms. The lowest BCUT2D eigenvalue weighted by molar-refractivity contribution is 0.0868. The third-order valence-corrected chi connectivity index (χ3v) is 3.85. The Morgan fingerprint density at radius 3 is 3.05 bits per heavy atom. The number of rotatable bonds is 6. The number of pyridine rings is 1. The largest absolute Gasteiger partial charge is 0.506 e. The highest BCUT2D eigenvalue weighted by molar-refractivity contribution is 5.94. The van der Waals surface area contributed by atoms with E-state index in [2.05, 4.69) is 15.2 Å². The highest BCUT2D eigenvalue weighted by atomic mass is 16.3. The van der Waals surface area contributed by atoms with E-state index >= 15 is 0 Å². The number of nitrogens with zero attached hydrogens (tertiary/aromatic N) is 2. The molecule has 1 amide bonds. The van der Waals surface area contributed by atoms with Crippen LogP contribution in [0.3, 0.4) is 0 Å². The Labute approximate surface area is 124 Å². The first-order chi connectivity index (χ1) is 10.2. The van der Waals surface area contributed by atoms with Crippen LogP contribution < -0.4 is 5.32 Å². The van der Waals surface area contributed by atoms with Gasteiger partial charge in [0.15, 0.2) is 0 Å². The van der Waals surface area contributed by atoms with Crippen molar-refractivity contribution in [2.24, 2.45) is 0 Å². The molecule has 0 saturated carbocycles. The van der Waals surface area contributed by atoms with Crippen LogP contribution in [-0.2, 0) is 0 Å². The van der Waals surface area contributed by atoms with Gasteiger partial charge in [0.1, 0.15) is 5.75 Å². The number of aromatic hydroxyl groups is 1. The molecule has 0 unspecified atom stereocenters. The number of carbonyl (C=O) groups excluding carboxylic acids is 1. The zero-order valence-corrected chi connectivity index (χ0v) is 12.2. The van der Waals surface area contributed by atoms with Crippen LogP contribution in [0.5, 0.6) is 5.75 Å². The van der Waals surface area contributed by atoms with Crippen molar-refractivity contribution in [2.45, 2.75) is 31.7 Å². The summed E-state index contributed by atoms with van der Waals surface area (Å²) in [6.07, 6.45) is 6.98. The normalized spacial score (nSPS) is 19.4. The molecule has 0 bridgehead atoms. The topological polar surface area (TPSA) is 85.7 Å². The Kier molecular flexibility index (Phi) is 5.95. The highest BCUT2D eigenvalue weighted by Crippen LogP contribution is 2.16. The Hall–Kier alpha value is -1.66. The third kappa shape index (κ3) is 4.68. The summed E-state index contributed by atoms with van der Waals surface area (Å²) in [5.41, 5.74) is 0.362. The lowest BCUT2D eigenvalue weighted by atomic mass is 10.0. The number of amides is 1. The van der Waals surface area contributed by atoms with Gasteiger partial charge in [-0.1, -0.05) is 6.42 Å². The Morgan fingerprint density at radius 1 is 1.43 bits per heavy atom. The number of carbonyl (C=O) groups is 1. The van der Waals surface area contributed by atoms with Gasteiger partial charge in [0.2, 0.25) is 0 Å². The van der Waals surface area contributed by atoms with Gasteiger partial charge in [0, 0.05) is 25.3 Å². The standard InChI is InChI=1S/C15H23N3O3/c19-11-13-4-1-2-6-18(13)7-3-5-17-15(21)12-8-14(20)10-16-9-12/h8-10,13,19-20H,1-7,11H2,(H,17,21)/t13-/m1/s1. The van der Waals surface area contributed by atoms with Gasteiger partial charge in [0.25, 0.3) is 5.91 Å². The molecule has 21 heavy (non-hydrogen) atoms. The lowest BCUT2D eigenvalue weighted by Crippen LogP contribution is -2.43. The maximum Gasteiger partial charge on any atom is 0.252 e. The molecule has 1 fully saturated rings. The maximum absolute atomic E-state index is 11.9. The minimum absolute atomic E-state index is 0.0123. The summed E-state index contributed by atoms with van der Waals surface area (Å²) in [4.78, 5) is 17.9. The number of nitrogens with one attached hydrogen (secondary N) is 1. The third-order valence-electron chi connectivity index (χ3n) is 3.85. The summed E-state index contributed by atoms with van der Waals surface area (Å²) < 4.78 is 0. The predicted molar refractivity (Wildman–Crippen MR) is 79.1 cm³/mol. The fourth-order valence-electron chi connectivity index (χ4n) is 2.70. The summed E-state index contributed by atoms with van der Waals surface area (Å²) in [6.45, 7) is 2.68. The zero-order chi connectivity index (χ0) is 15.1. The van der Waals surface area contributed by atoms with Gasteiger partial charge in [-0.2, -0.15) is 0 Å². The number of piperidine rings is 1. The van der Waals surface area contributed by atoms with Crippen molar-refractivity contribution < 1.29 is 15.0 Å². The van der Waals surface area contributed by atoms with Gasteiger partial charge in [-0.3, -0.25) is 14.7 Å². The van der Waals surface area contributed by atoms with E-state index in [1.54, 1.807) is 0 Å². The van der Waals surface area contributed by atoms with Crippen LogP contribution in [-0.4, -0.2) is 58.3 Å². The van der Waals surface area contributed by atoms with Crippen molar-refractivity contribution in [2.75, 3.05) is 26.2 Å². The van der Waals surface area contributed by atoms with Crippen LogP contribution in [0.1, 0.15) is 36.0 Å². The molecule has 1 aromatic heterocycles. The van der Waals surface area contributed by atoms with Crippen LogP contribution >= 0.6 is 0 Å². The van der Waals surface area contributed by atoms with E-state index in [1.165, 1.54) is 31.3 Å². The molecule has 116 valence electrons. The molecule has 6 heteroatoms. The van der Waals surface area contributed by atoms with Crippen molar-refractivity contribution in [3.8, 4) is 5.75 Å². The van der Waals surface area contributed by atoms with E-state index in [4.69, 9.17) is 0 Å². The number of aliphatic hydroxyl groups is 1. The molecule has 3 N–H and O–H groups in total. The van der Waals surface area contributed by atoms with E-state index in [9.17, 15) is 15.0 Å². The van der Waals surface area contributed by atoms with E-state index < -0.39 is 0 Å². The molecule has 6 nitrogen and oxygen atoms in total. The fraction of sp³-hybridized carbons (Fsp3) is 0.600. The van der Waals surface area contributed by atoms with Gasteiger partial charge in [-0.15, -0.1) is 0 Å². The number of hydrogen-bond donors (Lipinski definition) is 3. The molecule has 0 radical (unpaired) electrons. The zero-order valence-electron chi connectivity index (χ0n) is 12.2. The highest BCUT2D eigenvalue weighted by Gasteiger charge is 2.20. The monoisotopic (exact) mass is 293 g/mol. The number of aromatic nitrogens is 1. The molecule has 1 aliphatic heterocycles. The molecule has 0 aliphatic carbocycles. The maximum atomic E-state index is 11.9. The first-order valence-corrected chi connectivity index (χ1v) is 7.48. The minimum Gasteiger partial charge on any atom is -0.506 e. The average molecular weight is 293 g/mol. The molecule has 2 heterocycles. The molecular weight excluding hydrogens is 270 g/mol. The number of hydrogen-bond acceptors (Lipinski definition) is 5. The van der Waals surface area contributed by atoms with E-state index in [0.29, 0.717) is 12.1 Å². The summed E-state index contributed by atoms with van der Waals surface area (Å²) >= 11 is 0. The molecule has 2 rings (SSSR count). The SMILES string of the molecule is O=C(NCCCN1CCCC[C@@H]1CO)c1cncc(O)c1. The Bertz CT molecular complexity index is 467. The second kappa shape index (κ2) is 7.95.